The minimum atomic E-state index is 0.581. The number of ether oxygens (including phenoxy) is 1. The lowest BCUT2D eigenvalue weighted by Gasteiger charge is -2.06. The van der Waals surface area contributed by atoms with Gasteiger partial charge < -0.3 is 9.57 Å². The second-order valence-electron chi connectivity index (χ2n) is 2.79. The van der Waals surface area contributed by atoms with Crippen LogP contribution in [0.1, 0.15) is 12.0 Å². The zero-order chi connectivity index (χ0) is 9.52. The Balaban J connectivity index is 2.54. The fourth-order valence-electron chi connectivity index (χ4n) is 1.26. The standard InChI is InChI=1S/C10H15NO2/c1-12-10-7-3-2-5-9(10)6-4-8-13-11/h2-3,5,7H,4,6,8,11H2,1H3. The van der Waals surface area contributed by atoms with Gasteiger partial charge in [0.1, 0.15) is 5.75 Å². The van der Waals surface area contributed by atoms with Crippen molar-refractivity contribution in [2.24, 2.45) is 5.90 Å². The van der Waals surface area contributed by atoms with Crippen molar-refractivity contribution in [1.29, 1.82) is 0 Å². The van der Waals surface area contributed by atoms with E-state index in [1.54, 1.807) is 7.11 Å². The van der Waals surface area contributed by atoms with Gasteiger partial charge in [-0.25, -0.2) is 5.90 Å². The fraction of sp³-hybridized carbons (Fsp3) is 0.400. The highest BCUT2D eigenvalue weighted by Crippen LogP contribution is 2.18. The van der Waals surface area contributed by atoms with Gasteiger partial charge in [-0.1, -0.05) is 18.2 Å². The molecule has 3 nitrogen and oxygen atoms in total. The third-order valence-corrected chi connectivity index (χ3v) is 1.90. The molecule has 0 amide bonds. The Morgan fingerprint density at radius 3 is 2.77 bits per heavy atom. The summed E-state index contributed by atoms with van der Waals surface area (Å²) in [6, 6.07) is 7.97. The molecular formula is C10H15NO2. The normalized spacial score (nSPS) is 10.0. The van der Waals surface area contributed by atoms with Crippen molar-refractivity contribution >= 4 is 0 Å². The molecule has 1 aromatic rings. The molecule has 72 valence electrons. The SMILES string of the molecule is COc1ccccc1CCCON. The number of nitrogens with two attached hydrogens (primary N) is 1. The Kier molecular flexibility index (Phi) is 4.29. The first kappa shape index (κ1) is 10.0. The predicted molar refractivity (Wildman–Crippen MR) is 51.5 cm³/mol. The van der Waals surface area contributed by atoms with E-state index in [0.717, 1.165) is 18.6 Å². The number of para-hydroxylation sites is 1. The molecule has 2 N–H and O–H groups in total. The van der Waals surface area contributed by atoms with E-state index in [9.17, 15) is 0 Å². The molecule has 0 aromatic heterocycles. The van der Waals surface area contributed by atoms with Gasteiger partial charge in [0.25, 0.3) is 0 Å². The molecule has 0 spiro atoms. The van der Waals surface area contributed by atoms with Gasteiger partial charge in [0.15, 0.2) is 0 Å². The van der Waals surface area contributed by atoms with Gasteiger partial charge in [-0.3, -0.25) is 0 Å². The third-order valence-electron chi connectivity index (χ3n) is 1.90. The van der Waals surface area contributed by atoms with Gasteiger partial charge in [0.2, 0.25) is 0 Å². The second kappa shape index (κ2) is 5.56. The van der Waals surface area contributed by atoms with Crippen molar-refractivity contribution in [3.8, 4) is 5.75 Å². The molecule has 0 aliphatic rings. The van der Waals surface area contributed by atoms with Gasteiger partial charge in [-0.2, -0.15) is 0 Å². The number of methoxy groups -OCH3 is 1. The molecule has 0 saturated heterocycles. The van der Waals surface area contributed by atoms with Crippen LogP contribution in [0.2, 0.25) is 0 Å². The van der Waals surface area contributed by atoms with Crippen LogP contribution in [-0.4, -0.2) is 13.7 Å². The second-order valence-corrected chi connectivity index (χ2v) is 2.79. The van der Waals surface area contributed by atoms with Gasteiger partial charge in [-0.15, -0.1) is 0 Å². The molecule has 0 saturated carbocycles. The average Bonchev–Trinajstić information content (AvgIpc) is 2.19. The van der Waals surface area contributed by atoms with E-state index in [1.165, 1.54) is 5.56 Å². The summed E-state index contributed by atoms with van der Waals surface area (Å²) in [6.07, 6.45) is 1.85. The molecule has 13 heavy (non-hydrogen) atoms. The van der Waals surface area contributed by atoms with Gasteiger partial charge in [-0.05, 0) is 24.5 Å². The Bertz CT molecular complexity index is 250. The quantitative estimate of drug-likeness (QED) is 0.553. The van der Waals surface area contributed by atoms with Crippen molar-refractivity contribution in [1.82, 2.24) is 0 Å². The zero-order valence-corrected chi connectivity index (χ0v) is 7.82. The van der Waals surface area contributed by atoms with E-state index in [1.807, 2.05) is 18.2 Å². The van der Waals surface area contributed by atoms with Crippen LogP contribution in [0.3, 0.4) is 0 Å². The van der Waals surface area contributed by atoms with Crippen LogP contribution in [0, 0.1) is 0 Å². The molecule has 0 fully saturated rings. The summed E-state index contributed by atoms with van der Waals surface area (Å²) in [6.45, 7) is 0.581. The molecule has 0 aliphatic carbocycles. The molecule has 0 radical (unpaired) electrons. The number of hydrogen-bond acceptors (Lipinski definition) is 3. The first-order valence-corrected chi connectivity index (χ1v) is 4.32. The minimum absolute atomic E-state index is 0.581. The maximum absolute atomic E-state index is 5.20. The highest BCUT2D eigenvalue weighted by Gasteiger charge is 2.00. The monoisotopic (exact) mass is 181 g/mol. The highest BCUT2D eigenvalue weighted by molar-refractivity contribution is 5.33. The van der Waals surface area contributed by atoms with Crippen LogP contribution in [0.4, 0.5) is 0 Å². The van der Waals surface area contributed by atoms with E-state index in [0.29, 0.717) is 6.61 Å². The lowest BCUT2D eigenvalue weighted by molar-refractivity contribution is 0.135. The van der Waals surface area contributed by atoms with E-state index >= 15 is 0 Å². The fourth-order valence-corrected chi connectivity index (χ4v) is 1.26. The molecule has 3 heteroatoms. The first-order valence-electron chi connectivity index (χ1n) is 4.32. The summed E-state index contributed by atoms with van der Waals surface area (Å²) >= 11 is 0. The van der Waals surface area contributed by atoms with Crippen LogP contribution in [0.5, 0.6) is 5.75 Å². The summed E-state index contributed by atoms with van der Waals surface area (Å²) in [5.41, 5.74) is 1.20. The van der Waals surface area contributed by atoms with Gasteiger partial charge in [0.05, 0.1) is 13.7 Å². The Labute approximate surface area is 78.4 Å². The third kappa shape index (κ3) is 3.05. The van der Waals surface area contributed by atoms with E-state index in [2.05, 4.69) is 10.9 Å². The number of rotatable bonds is 5. The van der Waals surface area contributed by atoms with Crippen molar-refractivity contribution < 1.29 is 9.57 Å². The minimum Gasteiger partial charge on any atom is -0.496 e. The highest BCUT2D eigenvalue weighted by atomic mass is 16.6. The molecule has 0 atom stereocenters. The number of hydrogen-bond donors (Lipinski definition) is 1. The molecule has 1 rings (SSSR count). The van der Waals surface area contributed by atoms with E-state index in [-0.39, 0.29) is 0 Å². The molecule has 1 aromatic carbocycles. The Morgan fingerprint density at radius 1 is 1.31 bits per heavy atom. The summed E-state index contributed by atoms with van der Waals surface area (Å²) in [5, 5.41) is 0. The van der Waals surface area contributed by atoms with E-state index in [4.69, 9.17) is 10.6 Å². The maximum Gasteiger partial charge on any atom is 0.122 e. The van der Waals surface area contributed by atoms with Crippen molar-refractivity contribution in [3.05, 3.63) is 29.8 Å². The lowest BCUT2D eigenvalue weighted by atomic mass is 10.1. The number of benzene rings is 1. The van der Waals surface area contributed by atoms with Gasteiger partial charge >= 0.3 is 0 Å². The van der Waals surface area contributed by atoms with Crippen molar-refractivity contribution in [2.75, 3.05) is 13.7 Å². The molecule has 0 bridgehead atoms. The van der Waals surface area contributed by atoms with Crippen LogP contribution in [0.25, 0.3) is 0 Å². The summed E-state index contributed by atoms with van der Waals surface area (Å²) in [7, 11) is 1.68. The predicted octanol–water partition coefficient (Wildman–Crippen LogP) is 1.52. The number of aryl methyl sites for hydroxylation is 1. The Morgan fingerprint density at radius 2 is 2.08 bits per heavy atom. The van der Waals surface area contributed by atoms with Crippen LogP contribution in [-0.2, 0) is 11.3 Å². The summed E-state index contributed by atoms with van der Waals surface area (Å²) in [5.74, 6) is 5.86. The van der Waals surface area contributed by atoms with E-state index < -0.39 is 0 Å². The largest absolute Gasteiger partial charge is 0.496 e. The van der Waals surface area contributed by atoms with Crippen LogP contribution in [0.15, 0.2) is 24.3 Å². The molecule has 0 aliphatic heterocycles. The molecular weight excluding hydrogens is 166 g/mol. The van der Waals surface area contributed by atoms with Gasteiger partial charge in [0, 0.05) is 0 Å². The lowest BCUT2D eigenvalue weighted by Crippen LogP contribution is -2.02. The smallest absolute Gasteiger partial charge is 0.122 e. The first-order chi connectivity index (χ1) is 6.38. The Hall–Kier alpha value is -1.06. The van der Waals surface area contributed by atoms with Crippen molar-refractivity contribution in [2.45, 2.75) is 12.8 Å². The van der Waals surface area contributed by atoms with Crippen LogP contribution >= 0.6 is 0 Å². The molecule has 0 unspecified atom stereocenters. The maximum atomic E-state index is 5.20. The summed E-state index contributed by atoms with van der Waals surface area (Å²) < 4.78 is 5.20. The summed E-state index contributed by atoms with van der Waals surface area (Å²) in [4.78, 5) is 4.50. The zero-order valence-electron chi connectivity index (χ0n) is 7.82. The average molecular weight is 181 g/mol. The topological polar surface area (TPSA) is 44.5 Å². The van der Waals surface area contributed by atoms with Crippen molar-refractivity contribution in [3.63, 3.8) is 0 Å². The van der Waals surface area contributed by atoms with Crippen LogP contribution < -0.4 is 10.6 Å². The molecule has 0 heterocycles.